The summed E-state index contributed by atoms with van der Waals surface area (Å²) in [6.07, 6.45) is 0.323. The minimum absolute atomic E-state index is 0.137. The summed E-state index contributed by atoms with van der Waals surface area (Å²) in [7, 11) is 1.45. The first kappa shape index (κ1) is 26.4. The number of hydrogen-bond acceptors (Lipinski definition) is 5. The van der Waals surface area contributed by atoms with E-state index >= 15 is 0 Å². The maximum Gasteiger partial charge on any atom is 0.410 e. The number of carbonyl (C=O) groups excluding carboxylic acids is 1. The number of ether oxygens (including phenoxy) is 1. The number of carboxylic acid groups (broad SMARTS) is 2. The molecule has 0 saturated carbocycles. The van der Waals surface area contributed by atoms with Crippen molar-refractivity contribution in [1.29, 1.82) is 0 Å². The molecule has 4 N–H and O–H groups in total. The van der Waals surface area contributed by atoms with Crippen LogP contribution in [0, 0.1) is 11.8 Å². The van der Waals surface area contributed by atoms with Gasteiger partial charge < -0.3 is 20.7 Å². The number of amides is 1. The molecule has 2 atom stereocenters. The van der Waals surface area contributed by atoms with Gasteiger partial charge in [-0.05, 0) is 30.2 Å². The Balaban J connectivity index is 0.000000734. The average Bonchev–Trinajstić information content (AvgIpc) is 2.64. The van der Waals surface area contributed by atoms with Gasteiger partial charge in [0.15, 0.2) is 0 Å². The molecule has 0 radical (unpaired) electrons. The van der Waals surface area contributed by atoms with Gasteiger partial charge in [-0.1, -0.05) is 58.0 Å². The Kier molecular flexibility index (Phi) is 12.3. The lowest BCUT2D eigenvalue weighted by atomic mass is 10.0. The highest BCUT2D eigenvalue weighted by Crippen LogP contribution is 2.12. The molecular weight excluding hydrogens is 376 g/mol. The molecule has 0 aliphatic heterocycles. The highest BCUT2D eigenvalue weighted by Gasteiger charge is 2.28. The van der Waals surface area contributed by atoms with Crippen molar-refractivity contribution in [1.82, 2.24) is 4.90 Å². The maximum atomic E-state index is 11.9. The Labute approximate surface area is 172 Å². The van der Waals surface area contributed by atoms with Gasteiger partial charge in [-0.15, -0.1) is 0 Å². The number of rotatable bonds is 9. The van der Waals surface area contributed by atoms with Crippen molar-refractivity contribution < 1.29 is 29.3 Å². The summed E-state index contributed by atoms with van der Waals surface area (Å²) in [5.74, 6) is -1.39. The molecule has 29 heavy (non-hydrogen) atoms. The number of nitrogens with two attached hydrogens (primary N) is 1. The summed E-state index contributed by atoms with van der Waals surface area (Å²) >= 11 is 0. The number of nitrogens with zero attached hydrogens (tertiary/aromatic N) is 1. The van der Waals surface area contributed by atoms with E-state index in [0.29, 0.717) is 18.8 Å². The summed E-state index contributed by atoms with van der Waals surface area (Å²) < 4.78 is 5.13. The van der Waals surface area contributed by atoms with Crippen molar-refractivity contribution in [2.75, 3.05) is 7.05 Å². The predicted molar refractivity (Wildman–Crippen MR) is 110 cm³/mol. The normalized spacial score (nSPS) is 12.6. The van der Waals surface area contributed by atoms with Gasteiger partial charge in [0.1, 0.15) is 18.7 Å². The summed E-state index contributed by atoms with van der Waals surface area (Å²) in [5.41, 5.74) is 6.08. The molecule has 1 rings (SSSR count). The van der Waals surface area contributed by atoms with Crippen molar-refractivity contribution in [3.8, 4) is 0 Å². The minimum atomic E-state index is -1.02. The van der Waals surface area contributed by atoms with E-state index < -0.39 is 30.1 Å². The van der Waals surface area contributed by atoms with Gasteiger partial charge in [0, 0.05) is 7.05 Å². The zero-order valence-electron chi connectivity index (χ0n) is 17.9. The maximum absolute atomic E-state index is 11.9. The third-order valence-corrected chi connectivity index (χ3v) is 3.98. The van der Waals surface area contributed by atoms with Crippen LogP contribution in [0.5, 0.6) is 0 Å². The first-order valence-corrected chi connectivity index (χ1v) is 9.60. The van der Waals surface area contributed by atoms with Crippen LogP contribution in [-0.4, -0.2) is 52.3 Å². The molecular formula is C21H34N2O6. The molecule has 0 bridgehead atoms. The topological polar surface area (TPSA) is 130 Å². The summed E-state index contributed by atoms with van der Waals surface area (Å²) in [6.45, 7) is 7.86. The first-order chi connectivity index (χ1) is 13.5. The molecule has 0 aliphatic carbocycles. The Hall–Kier alpha value is -2.61. The molecule has 0 spiro atoms. The fraction of sp³-hybridized carbons (Fsp3) is 0.571. The quantitative estimate of drug-likeness (QED) is 0.570. The lowest BCUT2D eigenvalue weighted by Crippen LogP contribution is -2.43. The minimum Gasteiger partial charge on any atom is -0.480 e. The fourth-order valence-corrected chi connectivity index (χ4v) is 2.43. The molecule has 164 valence electrons. The molecule has 1 aromatic rings. The second kappa shape index (κ2) is 13.5. The van der Waals surface area contributed by atoms with Crippen LogP contribution < -0.4 is 5.73 Å². The van der Waals surface area contributed by atoms with E-state index in [9.17, 15) is 19.5 Å². The van der Waals surface area contributed by atoms with Gasteiger partial charge >= 0.3 is 18.0 Å². The molecule has 0 aliphatic rings. The van der Waals surface area contributed by atoms with E-state index in [1.807, 2.05) is 58.0 Å². The van der Waals surface area contributed by atoms with Crippen LogP contribution in [0.25, 0.3) is 0 Å². The van der Waals surface area contributed by atoms with Crippen LogP contribution in [-0.2, 0) is 20.9 Å². The van der Waals surface area contributed by atoms with Gasteiger partial charge in [0.05, 0.1) is 0 Å². The van der Waals surface area contributed by atoms with Crippen LogP contribution in [0.4, 0.5) is 4.79 Å². The fourth-order valence-electron chi connectivity index (χ4n) is 2.43. The molecule has 8 nitrogen and oxygen atoms in total. The molecule has 8 heteroatoms. The second-order valence-corrected chi connectivity index (χ2v) is 7.71. The molecule has 0 aromatic heterocycles. The van der Waals surface area contributed by atoms with Gasteiger partial charge in [0.2, 0.25) is 0 Å². The van der Waals surface area contributed by atoms with Crippen LogP contribution in [0.3, 0.4) is 0 Å². The monoisotopic (exact) mass is 410 g/mol. The Morgan fingerprint density at radius 3 is 1.86 bits per heavy atom. The Morgan fingerprint density at radius 2 is 1.48 bits per heavy atom. The molecule has 0 saturated heterocycles. The van der Waals surface area contributed by atoms with Gasteiger partial charge in [0.25, 0.3) is 0 Å². The third kappa shape index (κ3) is 11.7. The van der Waals surface area contributed by atoms with E-state index in [-0.39, 0.29) is 12.5 Å². The molecule has 1 amide bonds. The number of carbonyl (C=O) groups is 3. The van der Waals surface area contributed by atoms with Gasteiger partial charge in [-0.25, -0.2) is 9.59 Å². The molecule has 1 aromatic carbocycles. The first-order valence-electron chi connectivity index (χ1n) is 9.60. The van der Waals surface area contributed by atoms with Crippen LogP contribution in [0.15, 0.2) is 30.3 Å². The van der Waals surface area contributed by atoms with Crippen molar-refractivity contribution in [2.45, 2.75) is 59.2 Å². The number of carboxylic acids is 2. The largest absolute Gasteiger partial charge is 0.480 e. The second-order valence-electron chi connectivity index (χ2n) is 7.71. The van der Waals surface area contributed by atoms with Crippen LogP contribution >= 0.6 is 0 Å². The number of likely N-dealkylation sites (N-methyl/N-ethyl adjacent to an activating group) is 1. The number of benzene rings is 1. The predicted octanol–water partition coefficient (Wildman–Crippen LogP) is 3.20. The highest BCUT2D eigenvalue weighted by atomic mass is 16.6. The van der Waals surface area contributed by atoms with E-state index in [1.165, 1.54) is 7.05 Å². The Bertz CT molecular complexity index is 633. The molecule has 0 unspecified atom stereocenters. The smallest absolute Gasteiger partial charge is 0.410 e. The van der Waals surface area contributed by atoms with Crippen LogP contribution in [0.1, 0.15) is 46.1 Å². The van der Waals surface area contributed by atoms with Crippen molar-refractivity contribution in [3.05, 3.63) is 35.9 Å². The Morgan fingerprint density at radius 1 is 0.966 bits per heavy atom. The van der Waals surface area contributed by atoms with Crippen molar-refractivity contribution in [3.63, 3.8) is 0 Å². The zero-order valence-corrected chi connectivity index (χ0v) is 17.9. The van der Waals surface area contributed by atoms with E-state index in [0.717, 1.165) is 10.5 Å². The third-order valence-electron chi connectivity index (χ3n) is 3.98. The van der Waals surface area contributed by atoms with E-state index in [2.05, 4.69) is 0 Å². The SMILES string of the molecule is CC(C)C[C@@H](C(=O)O)N(C)C(=O)OCc1ccccc1.CC(C)C[C@H](N)C(=O)O. The van der Waals surface area contributed by atoms with Crippen LogP contribution in [0.2, 0.25) is 0 Å². The zero-order chi connectivity index (χ0) is 22.6. The highest BCUT2D eigenvalue weighted by molar-refractivity contribution is 5.79. The van der Waals surface area contributed by atoms with E-state index in [1.54, 1.807) is 0 Å². The van der Waals surface area contributed by atoms with Gasteiger partial charge in [-0.3, -0.25) is 9.69 Å². The number of aliphatic carboxylic acids is 2. The summed E-state index contributed by atoms with van der Waals surface area (Å²) in [6, 6.07) is 7.72. The molecule has 0 fully saturated rings. The average molecular weight is 411 g/mol. The lowest BCUT2D eigenvalue weighted by molar-refractivity contribution is -0.143. The standard InChI is InChI=1S/C15H21NO4.C6H13NO2/c1-11(2)9-13(14(17)18)16(3)15(19)20-10-12-7-5-4-6-8-12;1-4(2)3-5(7)6(8)9/h4-8,11,13H,9-10H2,1-3H3,(H,17,18);4-5H,3,7H2,1-2H3,(H,8,9)/t13-;5-/m00/s1. The molecule has 0 heterocycles. The van der Waals surface area contributed by atoms with Gasteiger partial charge in [-0.2, -0.15) is 0 Å². The number of hydrogen-bond donors (Lipinski definition) is 3. The summed E-state index contributed by atoms with van der Waals surface area (Å²) in [4.78, 5) is 34.3. The lowest BCUT2D eigenvalue weighted by Gasteiger charge is -2.25. The van der Waals surface area contributed by atoms with Crippen molar-refractivity contribution >= 4 is 18.0 Å². The van der Waals surface area contributed by atoms with Crippen molar-refractivity contribution in [2.24, 2.45) is 17.6 Å². The van der Waals surface area contributed by atoms with E-state index in [4.69, 9.17) is 15.6 Å². The summed E-state index contributed by atoms with van der Waals surface area (Å²) in [5, 5.41) is 17.5.